The second kappa shape index (κ2) is 8.11. The van der Waals surface area contributed by atoms with Gasteiger partial charge < -0.3 is 20.3 Å². The smallest absolute Gasteiger partial charge is 0.321 e. The molecule has 6 nitrogen and oxygen atoms in total. The van der Waals surface area contributed by atoms with Crippen LogP contribution in [0.2, 0.25) is 0 Å². The molecule has 1 atom stereocenters. The van der Waals surface area contributed by atoms with E-state index in [2.05, 4.69) is 17.6 Å². The molecule has 3 amide bonds. The van der Waals surface area contributed by atoms with Crippen LogP contribution in [0.1, 0.15) is 38.2 Å². The molecule has 1 aliphatic carbocycles. The first-order valence-corrected chi connectivity index (χ1v) is 10.6. The Hall–Kier alpha value is -2.08. The molecule has 1 aromatic carbocycles. The molecule has 3 fully saturated rings. The molecule has 152 valence electrons. The molecule has 2 N–H and O–H groups in total. The lowest BCUT2D eigenvalue weighted by Crippen LogP contribution is -2.44. The zero-order valence-corrected chi connectivity index (χ0v) is 16.7. The SMILES string of the molecule is CCc1ccc(NC(=O)N2C[C@@H](C(=O)NCC3CC3)C3(CCOCC3)C2)cc1. The van der Waals surface area contributed by atoms with Crippen LogP contribution in [-0.2, 0) is 16.0 Å². The molecule has 1 spiro atoms. The quantitative estimate of drug-likeness (QED) is 0.818. The summed E-state index contributed by atoms with van der Waals surface area (Å²) < 4.78 is 5.55. The van der Waals surface area contributed by atoms with Crippen molar-refractivity contribution in [3.63, 3.8) is 0 Å². The number of carbonyl (C=O) groups is 2. The molecule has 0 aromatic heterocycles. The van der Waals surface area contributed by atoms with Gasteiger partial charge in [0, 0.05) is 44.0 Å². The number of hydrogen-bond donors (Lipinski definition) is 2. The van der Waals surface area contributed by atoms with Crippen molar-refractivity contribution >= 4 is 17.6 Å². The Balaban J connectivity index is 1.43. The summed E-state index contributed by atoms with van der Waals surface area (Å²) >= 11 is 0. The highest BCUT2D eigenvalue weighted by Gasteiger charge is 2.51. The summed E-state index contributed by atoms with van der Waals surface area (Å²) in [6.07, 6.45) is 5.08. The average Bonchev–Trinajstić information content (AvgIpc) is 3.48. The summed E-state index contributed by atoms with van der Waals surface area (Å²) in [6, 6.07) is 7.84. The summed E-state index contributed by atoms with van der Waals surface area (Å²) in [5.74, 6) is 0.612. The van der Waals surface area contributed by atoms with Crippen molar-refractivity contribution in [3.8, 4) is 0 Å². The van der Waals surface area contributed by atoms with Crippen LogP contribution < -0.4 is 10.6 Å². The maximum Gasteiger partial charge on any atom is 0.321 e. The Morgan fingerprint density at radius 2 is 1.89 bits per heavy atom. The molecule has 1 aromatic rings. The Morgan fingerprint density at radius 3 is 2.54 bits per heavy atom. The largest absolute Gasteiger partial charge is 0.381 e. The monoisotopic (exact) mass is 385 g/mol. The number of nitrogens with zero attached hydrogens (tertiary/aromatic N) is 1. The number of aryl methyl sites for hydroxylation is 1. The lowest BCUT2D eigenvalue weighted by Gasteiger charge is -2.37. The second-order valence-electron chi connectivity index (χ2n) is 8.58. The Bertz CT molecular complexity index is 708. The molecular formula is C22H31N3O3. The topological polar surface area (TPSA) is 70.7 Å². The van der Waals surface area contributed by atoms with E-state index in [1.807, 2.05) is 29.2 Å². The lowest BCUT2D eigenvalue weighted by atomic mass is 9.72. The number of amides is 3. The number of nitrogens with one attached hydrogen (secondary N) is 2. The number of urea groups is 1. The number of rotatable bonds is 5. The zero-order chi connectivity index (χ0) is 19.6. The van der Waals surface area contributed by atoms with Gasteiger partial charge in [0.1, 0.15) is 0 Å². The van der Waals surface area contributed by atoms with Crippen molar-refractivity contribution in [2.45, 2.75) is 39.0 Å². The zero-order valence-electron chi connectivity index (χ0n) is 16.7. The minimum atomic E-state index is -0.157. The van der Waals surface area contributed by atoms with E-state index in [0.29, 0.717) is 32.2 Å². The average molecular weight is 386 g/mol. The summed E-state index contributed by atoms with van der Waals surface area (Å²) in [4.78, 5) is 27.6. The molecular weight excluding hydrogens is 354 g/mol. The second-order valence-corrected chi connectivity index (χ2v) is 8.58. The number of benzene rings is 1. The third-order valence-electron chi connectivity index (χ3n) is 6.62. The molecule has 0 radical (unpaired) electrons. The predicted molar refractivity (Wildman–Crippen MR) is 108 cm³/mol. The first-order chi connectivity index (χ1) is 13.6. The fourth-order valence-corrected chi connectivity index (χ4v) is 4.49. The lowest BCUT2D eigenvalue weighted by molar-refractivity contribution is -0.129. The van der Waals surface area contributed by atoms with E-state index in [0.717, 1.165) is 31.5 Å². The Labute approximate surface area is 167 Å². The molecule has 2 saturated heterocycles. The summed E-state index contributed by atoms with van der Waals surface area (Å²) in [5.41, 5.74) is 1.88. The van der Waals surface area contributed by atoms with Crippen LogP contribution in [0.15, 0.2) is 24.3 Å². The van der Waals surface area contributed by atoms with Crippen LogP contribution in [0.3, 0.4) is 0 Å². The van der Waals surface area contributed by atoms with Gasteiger partial charge in [0.25, 0.3) is 0 Å². The van der Waals surface area contributed by atoms with E-state index in [4.69, 9.17) is 4.74 Å². The van der Waals surface area contributed by atoms with Gasteiger partial charge >= 0.3 is 6.03 Å². The molecule has 28 heavy (non-hydrogen) atoms. The highest BCUT2D eigenvalue weighted by atomic mass is 16.5. The van der Waals surface area contributed by atoms with Crippen molar-refractivity contribution in [3.05, 3.63) is 29.8 Å². The van der Waals surface area contributed by atoms with Gasteiger partial charge in [-0.05, 0) is 55.7 Å². The maximum absolute atomic E-state index is 12.9. The minimum Gasteiger partial charge on any atom is -0.381 e. The van der Waals surface area contributed by atoms with E-state index in [1.165, 1.54) is 18.4 Å². The van der Waals surface area contributed by atoms with E-state index in [1.54, 1.807) is 0 Å². The molecule has 0 bridgehead atoms. The highest BCUT2D eigenvalue weighted by molar-refractivity contribution is 5.90. The molecule has 1 saturated carbocycles. The van der Waals surface area contributed by atoms with Gasteiger partial charge in [0.05, 0.1) is 5.92 Å². The fraction of sp³-hybridized carbons (Fsp3) is 0.636. The van der Waals surface area contributed by atoms with Crippen molar-refractivity contribution in [1.29, 1.82) is 0 Å². The van der Waals surface area contributed by atoms with E-state index in [9.17, 15) is 9.59 Å². The molecule has 2 heterocycles. The maximum atomic E-state index is 12.9. The number of ether oxygens (including phenoxy) is 1. The molecule has 0 unspecified atom stereocenters. The van der Waals surface area contributed by atoms with Crippen LogP contribution in [0.5, 0.6) is 0 Å². The van der Waals surface area contributed by atoms with E-state index in [-0.39, 0.29) is 23.3 Å². The van der Waals surface area contributed by atoms with Crippen LogP contribution >= 0.6 is 0 Å². The molecule has 4 rings (SSSR count). The standard InChI is InChI=1S/C22H31N3O3/c1-2-16-5-7-18(8-6-16)24-21(27)25-14-19(20(26)23-13-17-3-4-17)22(15-25)9-11-28-12-10-22/h5-8,17,19H,2-4,9-15H2,1H3,(H,23,26)(H,24,27)/t19-/m0/s1. The van der Waals surface area contributed by atoms with Crippen molar-refractivity contribution in [1.82, 2.24) is 10.2 Å². The van der Waals surface area contributed by atoms with E-state index < -0.39 is 0 Å². The van der Waals surface area contributed by atoms with Crippen molar-refractivity contribution in [2.75, 3.05) is 38.2 Å². The molecule has 6 heteroatoms. The Kier molecular flexibility index (Phi) is 5.58. The van der Waals surface area contributed by atoms with Crippen molar-refractivity contribution in [2.24, 2.45) is 17.3 Å². The molecule has 3 aliphatic rings. The minimum absolute atomic E-state index is 0.108. The molecule has 2 aliphatic heterocycles. The number of carbonyl (C=O) groups excluding carboxylic acids is 2. The van der Waals surface area contributed by atoms with Gasteiger partial charge in [-0.1, -0.05) is 19.1 Å². The number of anilines is 1. The van der Waals surface area contributed by atoms with Crippen LogP contribution in [-0.4, -0.2) is 49.7 Å². The number of hydrogen-bond acceptors (Lipinski definition) is 3. The van der Waals surface area contributed by atoms with E-state index >= 15 is 0 Å². The van der Waals surface area contributed by atoms with Crippen molar-refractivity contribution < 1.29 is 14.3 Å². The highest BCUT2D eigenvalue weighted by Crippen LogP contribution is 2.44. The van der Waals surface area contributed by atoms with Gasteiger partial charge in [0.15, 0.2) is 0 Å². The normalized spacial score (nSPS) is 23.6. The van der Waals surface area contributed by atoms with Gasteiger partial charge in [-0.25, -0.2) is 4.79 Å². The first kappa shape index (κ1) is 19.2. The van der Waals surface area contributed by atoms with Crippen LogP contribution in [0.25, 0.3) is 0 Å². The predicted octanol–water partition coefficient (Wildman–Crippen LogP) is 3.04. The van der Waals surface area contributed by atoms with Gasteiger partial charge in [-0.3, -0.25) is 4.79 Å². The fourth-order valence-electron chi connectivity index (χ4n) is 4.49. The van der Waals surface area contributed by atoms with Crippen LogP contribution in [0, 0.1) is 17.3 Å². The summed E-state index contributed by atoms with van der Waals surface area (Å²) in [7, 11) is 0. The Morgan fingerprint density at radius 1 is 1.18 bits per heavy atom. The van der Waals surface area contributed by atoms with Gasteiger partial charge in [-0.15, -0.1) is 0 Å². The van der Waals surface area contributed by atoms with Crippen LogP contribution in [0.4, 0.5) is 10.5 Å². The summed E-state index contributed by atoms with van der Waals surface area (Å²) in [6.45, 7) is 5.32. The van der Waals surface area contributed by atoms with Gasteiger partial charge in [0.2, 0.25) is 5.91 Å². The third kappa shape index (κ3) is 4.17. The first-order valence-electron chi connectivity index (χ1n) is 10.6. The van der Waals surface area contributed by atoms with Gasteiger partial charge in [-0.2, -0.15) is 0 Å². The number of likely N-dealkylation sites (tertiary alicyclic amines) is 1. The summed E-state index contributed by atoms with van der Waals surface area (Å²) in [5, 5.41) is 6.14. The third-order valence-corrected chi connectivity index (χ3v) is 6.62.